The number of unbranched alkanes of at least 4 members (excludes halogenated alkanes) is 2. The highest BCUT2D eigenvalue weighted by Gasteiger charge is 2.22. The number of primary sulfonamides is 1. The summed E-state index contributed by atoms with van der Waals surface area (Å²) in [5.41, 5.74) is 1.32. The molecule has 11 nitrogen and oxygen atoms in total. The summed E-state index contributed by atoms with van der Waals surface area (Å²) in [7, 11) is -3.89. The molecule has 3 rings (SSSR count). The van der Waals surface area contributed by atoms with Gasteiger partial charge in [0.05, 0.1) is 24.0 Å². The van der Waals surface area contributed by atoms with Crippen LogP contribution in [-0.4, -0.2) is 44.9 Å². The molecular formula is C28H34N4O7S. The summed E-state index contributed by atoms with van der Waals surface area (Å²) in [5, 5.41) is 11.6. The van der Waals surface area contributed by atoms with Crippen LogP contribution in [0.15, 0.2) is 76.0 Å². The third kappa shape index (κ3) is 9.33. The van der Waals surface area contributed by atoms with E-state index in [0.29, 0.717) is 18.4 Å². The van der Waals surface area contributed by atoms with Gasteiger partial charge in [-0.3, -0.25) is 19.2 Å². The second kappa shape index (κ2) is 15.0. The first-order chi connectivity index (χ1) is 19.2. The van der Waals surface area contributed by atoms with Gasteiger partial charge in [0.1, 0.15) is 12.4 Å². The Hall–Kier alpha value is -4.00. The fourth-order valence-corrected chi connectivity index (χ4v) is 4.47. The molecule has 0 aliphatic rings. The summed E-state index contributed by atoms with van der Waals surface area (Å²) in [6.07, 6.45) is 3.81. The van der Waals surface area contributed by atoms with Crippen molar-refractivity contribution >= 4 is 28.2 Å². The Labute approximate surface area is 233 Å². The molecule has 0 saturated carbocycles. The van der Waals surface area contributed by atoms with Gasteiger partial charge in [-0.05, 0) is 36.2 Å². The molecule has 0 bridgehead atoms. The van der Waals surface area contributed by atoms with Crippen molar-refractivity contribution in [2.24, 2.45) is 11.1 Å². The predicted molar refractivity (Wildman–Crippen MR) is 148 cm³/mol. The first kappa shape index (κ1) is 30.5. The van der Waals surface area contributed by atoms with Gasteiger partial charge in [0.25, 0.3) is 5.91 Å². The Morgan fingerprint density at radius 2 is 1.82 bits per heavy atom. The molecule has 214 valence electrons. The molecule has 0 fully saturated rings. The zero-order valence-electron chi connectivity index (χ0n) is 22.2. The van der Waals surface area contributed by atoms with Gasteiger partial charge in [0, 0.05) is 5.56 Å². The van der Waals surface area contributed by atoms with Gasteiger partial charge < -0.3 is 15.1 Å². The lowest BCUT2D eigenvalue weighted by Gasteiger charge is -2.23. The number of nitrogens with one attached hydrogen (secondary N) is 2. The molecule has 40 heavy (non-hydrogen) atoms. The summed E-state index contributed by atoms with van der Waals surface area (Å²) in [6.45, 7) is 2.16. The Balaban J connectivity index is 1.55. The highest BCUT2D eigenvalue weighted by molar-refractivity contribution is 7.89. The van der Waals surface area contributed by atoms with Crippen LogP contribution in [0.5, 0.6) is 0 Å². The molecule has 1 aromatic heterocycles. The van der Waals surface area contributed by atoms with E-state index in [1.165, 1.54) is 30.3 Å². The number of hydrogen-bond donors (Lipinski definition) is 3. The van der Waals surface area contributed by atoms with E-state index in [1.54, 1.807) is 6.07 Å². The summed E-state index contributed by atoms with van der Waals surface area (Å²) < 4.78 is 28.8. The average molecular weight is 571 g/mol. The van der Waals surface area contributed by atoms with Crippen LogP contribution in [0.25, 0.3) is 11.3 Å². The van der Waals surface area contributed by atoms with Crippen LogP contribution in [-0.2, 0) is 31.1 Å². The third-order valence-corrected chi connectivity index (χ3v) is 6.98. The number of sulfonamides is 1. The molecule has 3 amide bonds. The number of nitrogens with two attached hydrogens (primary N) is 1. The van der Waals surface area contributed by atoms with Crippen LogP contribution in [0.2, 0.25) is 0 Å². The molecule has 0 spiro atoms. The molecular weight excluding hydrogens is 536 g/mol. The molecule has 12 heteroatoms. The van der Waals surface area contributed by atoms with Crippen molar-refractivity contribution in [3.63, 3.8) is 0 Å². The van der Waals surface area contributed by atoms with E-state index < -0.39 is 21.8 Å². The average Bonchev–Trinajstić information content (AvgIpc) is 3.45. The second-order valence-electron chi connectivity index (χ2n) is 9.12. The summed E-state index contributed by atoms with van der Waals surface area (Å²) >= 11 is 0. The summed E-state index contributed by atoms with van der Waals surface area (Å²) in [6, 6.07) is 18.2. The van der Waals surface area contributed by atoms with Gasteiger partial charge >= 0.3 is 0 Å². The molecule has 4 N–H and O–H groups in total. The van der Waals surface area contributed by atoms with Crippen molar-refractivity contribution in [2.75, 3.05) is 13.2 Å². The molecule has 0 saturated heterocycles. The number of benzene rings is 2. The normalized spacial score (nSPS) is 11.9. The molecule has 1 atom stereocenters. The number of hydrogen-bond acceptors (Lipinski definition) is 7. The minimum atomic E-state index is -3.89. The van der Waals surface area contributed by atoms with E-state index in [0.717, 1.165) is 29.9 Å². The summed E-state index contributed by atoms with van der Waals surface area (Å²) in [4.78, 5) is 42.6. The fourth-order valence-electron chi connectivity index (χ4n) is 3.91. The van der Waals surface area contributed by atoms with Crippen LogP contribution in [0.4, 0.5) is 0 Å². The Kier molecular flexibility index (Phi) is 11.4. The minimum absolute atomic E-state index is 0.0220. The maximum atomic E-state index is 12.9. The standard InChI is InChI=1S/C28H34N4O7S/c1-2-3-5-11-23(17-32(20-33)38-18-21-9-6-4-7-10-21)27(34)30-19-31-28(35)26-15-14-25(39-26)22-12-8-13-24(16-22)40(29,36)37/h4,6-10,12-16,20,23H,2-3,5,11,17-19H2,1H3,(H,30,34)(H,31,35)(H2,29,36,37). The number of amides is 3. The predicted octanol–water partition coefficient (Wildman–Crippen LogP) is 3.18. The van der Waals surface area contributed by atoms with E-state index in [4.69, 9.17) is 14.4 Å². The summed E-state index contributed by atoms with van der Waals surface area (Å²) in [5.74, 6) is -1.18. The first-order valence-corrected chi connectivity index (χ1v) is 14.4. The van der Waals surface area contributed by atoms with Crippen LogP contribution in [0.3, 0.4) is 0 Å². The largest absolute Gasteiger partial charge is 0.451 e. The molecule has 0 aliphatic heterocycles. The Morgan fingerprint density at radius 1 is 1.05 bits per heavy atom. The number of rotatable bonds is 16. The topological polar surface area (TPSA) is 161 Å². The zero-order chi connectivity index (χ0) is 29.0. The number of hydroxylamine groups is 2. The quantitative estimate of drug-likeness (QED) is 0.103. The van der Waals surface area contributed by atoms with Crippen molar-refractivity contribution in [3.8, 4) is 11.3 Å². The number of nitrogens with zero attached hydrogens (tertiary/aromatic N) is 1. The monoisotopic (exact) mass is 570 g/mol. The van der Waals surface area contributed by atoms with Crippen molar-refractivity contribution < 1.29 is 32.1 Å². The van der Waals surface area contributed by atoms with E-state index >= 15 is 0 Å². The van der Waals surface area contributed by atoms with E-state index in [2.05, 4.69) is 17.6 Å². The van der Waals surface area contributed by atoms with Crippen molar-refractivity contribution in [1.29, 1.82) is 0 Å². The van der Waals surface area contributed by atoms with Crippen LogP contribution >= 0.6 is 0 Å². The maximum absolute atomic E-state index is 12.9. The molecule has 2 aromatic carbocycles. The van der Waals surface area contributed by atoms with Crippen molar-refractivity contribution in [2.45, 2.75) is 44.1 Å². The number of carbonyl (C=O) groups is 3. The Morgan fingerprint density at radius 3 is 2.52 bits per heavy atom. The first-order valence-electron chi connectivity index (χ1n) is 12.9. The molecule has 1 heterocycles. The zero-order valence-corrected chi connectivity index (χ0v) is 23.1. The second-order valence-corrected chi connectivity index (χ2v) is 10.7. The molecule has 0 radical (unpaired) electrons. The van der Waals surface area contributed by atoms with Gasteiger partial charge in [0.15, 0.2) is 5.76 Å². The van der Waals surface area contributed by atoms with Gasteiger partial charge in [0.2, 0.25) is 22.3 Å². The molecule has 3 aromatic rings. The molecule has 0 aliphatic carbocycles. The molecule has 1 unspecified atom stereocenters. The lowest BCUT2D eigenvalue weighted by molar-refractivity contribution is -0.182. The lowest BCUT2D eigenvalue weighted by Crippen LogP contribution is -2.43. The van der Waals surface area contributed by atoms with Gasteiger partial charge in [-0.2, -0.15) is 0 Å². The van der Waals surface area contributed by atoms with E-state index in [9.17, 15) is 22.8 Å². The third-order valence-electron chi connectivity index (χ3n) is 6.07. The maximum Gasteiger partial charge on any atom is 0.288 e. The number of carbonyl (C=O) groups excluding carboxylic acids is 3. The van der Waals surface area contributed by atoms with Crippen molar-refractivity contribution in [3.05, 3.63) is 78.1 Å². The number of furan rings is 1. The fraction of sp³-hybridized carbons (Fsp3) is 0.321. The van der Waals surface area contributed by atoms with E-state index in [-0.39, 0.29) is 42.1 Å². The van der Waals surface area contributed by atoms with Crippen LogP contribution < -0.4 is 15.8 Å². The van der Waals surface area contributed by atoms with Crippen LogP contribution in [0.1, 0.15) is 48.7 Å². The Bertz CT molecular complexity index is 1380. The van der Waals surface area contributed by atoms with Crippen molar-refractivity contribution in [1.82, 2.24) is 15.7 Å². The van der Waals surface area contributed by atoms with E-state index in [1.807, 2.05) is 30.3 Å². The minimum Gasteiger partial charge on any atom is -0.451 e. The van der Waals surface area contributed by atoms with Gasteiger partial charge in [-0.25, -0.2) is 18.6 Å². The van der Waals surface area contributed by atoms with Gasteiger partial charge in [-0.1, -0.05) is 68.7 Å². The van der Waals surface area contributed by atoms with Crippen LogP contribution in [0, 0.1) is 5.92 Å². The highest BCUT2D eigenvalue weighted by Crippen LogP contribution is 2.24. The van der Waals surface area contributed by atoms with Gasteiger partial charge in [-0.15, -0.1) is 0 Å². The SMILES string of the molecule is CCCCCC(CN(C=O)OCc1ccccc1)C(=O)NCNC(=O)c1ccc(-c2cccc(S(N)(=O)=O)c2)o1. The highest BCUT2D eigenvalue weighted by atomic mass is 32.2. The smallest absolute Gasteiger partial charge is 0.288 e. The lowest BCUT2D eigenvalue weighted by atomic mass is 10.0.